The molecule has 388 valence electrons. The number of sulfone groups is 1. The predicted octanol–water partition coefficient (Wildman–Crippen LogP) is 8.16. The van der Waals surface area contributed by atoms with Gasteiger partial charge in [-0.2, -0.15) is 0 Å². The Hall–Kier alpha value is -3.20. The van der Waals surface area contributed by atoms with E-state index in [1.807, 2.05) is 50.5 Å². The molecule has 0 radical (unpaired) electrons. The van der Waals surface area contributed by atoms with Crippen LogP contribution in [0, 0.1) is 5.41 Å². The van der Waals surface area contributed by atoms with E-state index in [-0.39, 0.29) is 98.9 Å². The number of halogens is 4. The molecule has 0 aromatic heterocycles. The molecule has 4 aromatic rings. The van der Waals surface area contributed by atoms with Crippen LogP contribution in [-0.4, -0.2) is 137 Å². The van der Waals surface area contributed by atoms with Crippen LogP contribution in [0.3, 0.4) is 0 Å². The zero-order valence-corrected chi connectivity index (χ0v) is 45.3. The molecule has 2 unspecified atom stereocenters. The second kappa shape index (κ2) is 26.3. The summed E-state index contributed by atoms with van der Waals surface area (Å²) in [4.78, 5) is 30.5. The number of carbonyl (C=O) groups is 2. The zero-order chi connectivity index (χ0) is 51.3. The van der Waals surface area contributed by atoms with Gasteiger partial charge < -0.3 is 34.1 Å². The molecule has 2 N–H and O–H groups in total. The van der Waals surface area contributed by atoms with Gasteiger partial charge in [0.1, 0.15) is 11.2 Å². The van der Waals surface area contributed by atoms with E-state index in [0.717, 1.165) is 46.5 Å². The minimum absolute atomic E-state index is 0.00562. The van der Waals surface area contributed by atoms with E-state index in [4.69, 9.17) is 65.4 Å². The molecule has 4 aromatic carbocycles. The number of amides is 1. The molecular formula is C51H64Cl4N4O10S2. The summed E-state index contributed by atoms with van der Waals surface area (Å²) in [5.41, 5.74) is 4.87. The van der Waals surface area contributed by atoms with Crippen molar-refractivity contribution in [2.45, 2.75) is 67.8 Å². The third-order valence-electron chi connectivity index (χ3n) is 12.7. The lowest BCUT2D eigenvalue weighted by Crippen LogP contribution is -2.43. The second-order valence-electron chi connectivity index (χ2n) is 18.5. The smallest absolute Gasteiger partial charge is 0.240 e. The lowest BCUT2D eigenvalue weighted by Gasteiger charge is -2.33. The van der Waals surface area contributed by atoms with E-state index < -0.39 is 31.2 Å². The molecule has 2 atom stereocenters. The Kier molecular flexibility index (Phi) is 21.2. The Balaban J connectivity index is 0.764. The first-order valence-corrected chi connectivity index (χ1v) is 28.3. The number of sulfonamides is 1. The van der Waals surface area contributed by atoms with Crippen molar-refractivity contribution < 1.29 is 45.4 Å². The van der Waals surface area contributed by atoms with Gasteiger partial charge in [-0.3, -0.25) is 9.59 Å². The largest absolute Gasteiger partial charge is 0.379 e. The van der Waals surface area contributed by atoms with E-state index in [9.17, 15) is 26.4 Å². The Bertz CT molecular complexity index is 2500. The number of hydrogen-bond acceptors (Lipinski definition) is 12. The standard InChI is InChI=1S/C51H64Cl4N4O10S2/c1-51(2,49(60)7-5-18-66-22-25-69-21-17-57-71(64,65)40-14-10-36(11-15-40)44-32-59(4)34-46-42(44)28-38(53)30-48(46)55)50(61)56-16-20-68-24-23-67-19-6-26-70(62,63)39-12-8-35(9-13-39)43-31-58(3)33-45-41(43)27-37(52)29-47(45)54/h8-15,27-30,43-44,57H,5-7,16-26,31-34H2,1-4H3,(H,56,61). The summed E-state index contributed by atoms with van der Waals surface area (Å²) in [6, 6.07) is 21.2. The number of nitrogens with zero attached hydrogens (tertiary/aromatic N) is 2. The van der Waals surface area contributed by atoms with Gasteiger partial charge in [0.05, 0.1) is 55.2 Å². The Morgan fingerprint density at radius 3 is 1.58 bits per heavy atom. The second-order valence-corrected chi connectivity index (χ2v) is 24.0. The highest BCUT2D eigenvalue weighted by molar-refractivity contribution is 7.91. The highest BCUT2D eigenvalue weighted by atomic mass is 35.5. The first kappa shape index (κ1) is 57.1. The summed E-state index contributed by atoms with van der Waals surface area (Å²) in [6.07, 6.45) is 0.889. The Labute approximate surface area is 438 Å². The highest BCUT2D eigenvalue weighted by Crippen LogP contribution is 2.40. The highest BCUT2D eigenvalue weighted by Gasteiger charge is 2.35. The molecule has 0 spiro atoms. The van der Waals surface area contributed by atoms with Crippen LogP contribution in [0.15, 0.2) is 82.6 Å². The van der Waals surface area contributed by atoms with Crippen LogP contribution in [-0.2, 0) is 61.5 Å². The summed E-state index contributed by atoms with van der Waals surface area (Å²) in [7, 11) is -3.23. The van der Waals surface area contributed by atoms with Crippen molar-refractivity contribution in [2.24, 2.45) is 5.41 Å². The summed E-state index contributed by atoms with van der Waals surface area (Å²) >= 11 is 25.7. The van der Waals surface area contributed by atoms with Crippen LogP contribution in [0.1, 0.15) is 78.3 Å². The van der Waals surface area contributed by atoms with Crippen LogP contribution in [0.25, 0.3) is 0 Å². The molecule has 14 nitrogen and oxygen atoms in total. The molecule has 20 heteroatoms. The Morgan fingerprint density at radius 1 is 0.620 bits per heavy atom. The topological polar surface area (TPSA) is 170 Å². The fourth-order valence-corrected chi connectivity index (χ4v) is 12.2. The SMILES string of the molecule is CN1Cc2c(Cl)cc(Cl)cc2C(c2ccc(S(=O)(=O)CCCOCCOCCNC(=O)C(C)(C)C(=O)CCCOCCOCCNS(=O)(=O)c3ccc(C4CN(C)Cc5c(Cl)cc(Cl)cc54)cc3)cc2)C1. The van der Waals surface area contributed by atoms with Gasteiger partial charge in [-0.05, 0) is 123 Å². The number of rotatable bonds is 27. The third kappa shape index (κ3) is 15.9. The van der Waals surface area contributed by atoms with Gasteiger partial charge in [0.25, 0.3) is 0 Å². The number of ketones is 1. The lowest BCUT2D eigenvalue weighted by molar-refractivity contribution is -0.140. The van der Waals surface area contributed by atoms with Gasteiger partial charge in [0.15, 0.2) is 9.84 Å². The maximum Gasteiger partial charge on any atom is 0.240 e. The van der Waals surface area contributed by atoms with Gasteiger partial charge in [-0.25, -0.2) is 21.6 Å². The van der Waals surface area contributed by atoms with E-state index in [0.29, 0.717) is 52.6 Å². The fourth-order valence-electron chi connectivity index (χ4n) is 8.72. The number of likely N-dealkylation sites (N-methyl/N-ethyl adjacent to an activating group) is 2. The molecule has 2 heterocycles. The minimum atomic E-state index is -3.76. The number of carbonyl (C=O) groups excluding carboxylic acids is 2. The van der Waals surface area contributed by atoms with Gasteiger partial charge >= 0.3 is 0 Å². The number of Topliss-reactive ketones (excluding diaryl/α,β-unsaturated/α-hetero) is 1. The summed E-state index contributed by atoms with van der Waals surface area (Å²) in [5.74, 6) is -0.680. The fraction of sp³-hybridized carbons (Fsp3) is 0.490. The first-order valence-electron chi connectivity index (χ1n) is 23.6. The van der Waals surface area contributed by atoms with Crippen molar-refractivity contribution in [1.82, 2.24) is 19.8 Å². The molecule has 0 bridgehead atoms. The molecule has 2 aliphatic rings. The summed E-state index contributed by atoms with van der Waals surface area (Å²) < 4.78 is 76.9. The normalized spacial score (nSPS) is 16.7. The van der Waals surface area contributed by atoms with E-state index >= 15 is 0 Å². The van der Waals surface area contributed by atoms with Crippen molar-refractivity contribution in [1.29, 1.82) is 0 Å². The first-order chi connectivity index (χ1) is 33.8. The summed E-state index contributed by atoms with van der Waals surface area (Å²) in [6.45, 7) is 8.27. The van der Waals surface area contributed by atoms with Gasteiger partial charge in [-0.15, -0.1) is 0 Å². The van der Waals surface area contributed by atoms with Gasteiger partial charge in [0.2, 0.25) is 15.9 Å². The minimum Gasteiger partial charge on any atom is -0.379 e. The van der Waals surface area contributed by atoms with E-state index in [2.05, 4.69) is 19.8 Å². The average molecular weight is 1100 g/mol. The van der Waals surface area contributed by atoms with E-state index in [1.165, 1.54) is 0 Å². The Morgan fingerprint density at radius 2 is 1.07 bits per heavy atom. The van der Waals surface area contributed by atoms with Crippen molar-refractivity contribution >= 4 is 78.0 Å². The van der Waals surface area contributed by atoms with Crippen LogP contribution >= 0.6 is 46.4 Å². The van der Waals surface area contributed by atoms with Gasteiger partial charge in [-0.1, -0.05) is 70.7 Å². The summed E-state index contributed by atoms with van der Waals surface area (Å²) in [5, 5.41) is 5.13. The lowest BCUT2D eigenvalue weighted by atomic mass is 9.84. The number of ether oxygens (including phenoxy) is 4. The molecule has 2 aliphatic heterocycles. The molecule has 71 heavy (non-hydrogen) atoms. The monoisotopic (exact) mass is 1100 g/mol. The number of fused-ring (bicyclic) bond motifs is 2. The van der Waals surface area contributed by atoms with Crippen LogP contribution in [0.5, 0.6) is 0 Å². The van der Waals surface area contributed by atoms with Crippen LogP contribution < -0.4 is 10.0 Å². The number of hydrogen-bond donors (Lipinski definition) is 2. The van der Waals surface area contributed by atoms with E-state index in [1.54, 1.807) is 50.2 Å². The third-order valence-corrected chi connectivity index (χ3v) is 17.1. The van der Waals surface area contributed by atoms with Crippen LogP contribution in [0.2, 0.25) is 20.1 Å². The molecule has 0 fully saturated rings. The van der Waals surface area contributed by atoms with Crippen molar-refractivity contribution in [2.75, 3.05) is 98.9 Å². The maximum atomic E-state index is 13.1. The zero-order valence-electron chi connectivity index (χ0n) is 40.6. The van der Waals surface area contributed by atoms with Crippen molar-refractivity contribution in [3.63, 3.8) is 0 Å². The predicted molar refractivity (Wildman–Crippen MR) is 278 cm³/mol. The average Bonchev–Trinajstić information content (AvgIpc) is 3.32. The van der Waals surface area contributed by atoms with Crippen molar-refractivity contribution in [3.8, 4) is 0 Å². The van der Waals surface area contributed by atoms with Crippen LogP contribution in [0.4, 0.5) is 0 Å². The molecule has 0 saturated carbocycles. The molecular weight excluding hydrogens is 1030 g/mol. The van der Waals surface area contributed by atoms with Crippen molar-refractivity contribution in [3.05, 3.63) is 126 Å². The number of nitrogens with one attached hydrogen (secondary N) is 2. The molecule has 0 saturated heterocycles. The molecule has 1 amide bonds. The molecule has 0 aliphatic carbocycles. The van der Waals surface area contributed by atoms with Gasteiger partial charge in [0, 0.05) is 90.8 Å². The maximum absolute atomic E-state index is 13.1. The quantitative estimate of drug-likeness (QED) is 0.0435. The molecule has 6 rings (SSSR count). The number of benzene rings is 4.